The van der Waals surface area contributed by atoms with Gasteiger partial charge in [0, 0.05) is 11.1 Å². The molecule has 0 saturated carbocycles. The lowest BCUT2D eigenvalue weighted by Crippen LogP contribution is -1.91. The summed E-state index contributed by atoms with van der Waals surface area (Å²) in [5.74, 6) is 0.597. The molecule has 0 spiro atoms. The van der Waals surface area contributed by atoms with E-state index < -0.39 is 5.24 Å². The second kappa shape index (κ2) is 6.98. The van der Waals surface area contributed by atoms with Crippen LogP contribution in [0.5, 0.6) is 0 Å². The molecule has 4 heteroatoms. The first-order valence-electron chi connectivity index (χ1n) is 8.14. The monoisotopic (exact) mass is 359 g/mol. The maximum absolute atomic E-state index is 11.5. The Labute approximate surface area is 155 Å². The molecule has 0 aliphatic heterocycles. The van der Waals surface area contributed by atoms with Crippen LogP contribution in [0.3, 0.4) is 0 Å². The van der Waals surface area contributed by atoms with E-state index >= 15 is 0 Å². The van der Waals surface area contributed by atoms with Crippen LogP contribution in [-0.2, 0) is 0 Å². The summed E-state index contributed by atoms with van der Waals surface area (Å²) < 4.78 is 5.78. The molecule has 1 heterocycles. The van der Waals surface area contributed by atoms with E-state index in [9.17, 15) is 4.79 Å². The molecular weight excluding hydrogens is 346 g/mol. The summed E-state index contributed by atoms with van der Waals surface area (Å²) in [7, 11) is 0. The highest BCUT2D eigenvalue weighted by Crippen LogP contribution is 2.24. The number of carbonyl (C=O) groups is 1. The normalized spacial score (nSPS) is 11.3. The number of rotatable bonds is 4. The van der Waals surface area contributed by atoms with E-state index in [2.05, 4.69) is 4.98 Å². The van der Waals surface area contributed by atoms with Gasteiger partial charge in [-0.1, -0.05) is 54.6 Å². The van der Waals surface area contributed by atoms with Crippen LogP contribution >= 0.6 is 11.6 Å². The average Bonchev–Trinajstić information content (AvgIpc) is 3.11. The third-order valence-electron chi connectivity index (χ3n) is 4.08. The van der Waals surface area contributed by atoms with Gasteiger partial charge in [-0.05, 0) is 53.1 Å². The van der Waals surface area contributed by atoms with Crippen molar-refractivity contribution in [2.24, 2.45) is 0 Å². The number of fused-ring (bicyclic) bond motifs is 1. The van der Waals surface area contributed by atoms with E-state index in [4.69, 9.17) is 16.0 Å². The van der Waals surface area contributed by atoms with Crippen molar-refractivity contribution in [1.29, 1.82) is 0 Å². The van der Waals surface area contributed by atoms with Gasteiger partial charge < -0.3 is 4.42 Å². The second-order valence-corrected chi connectivity index (χ2v) is 6.15. The molecule has 0 unspecified atom stereocenters. The second-order valence-electron chi connectivity index (χ2n) is 5.80. The third-order valence-corrected chi connectivity index (χ3v) is 4.28. The lowest BCUT2D eigenvalue weighted by Gasteiger charge is -2.01. The van der Waals surface area contributed by atoms with Crippen molar-refractivity contribution < 1.29 is 9.21 Å². The van der Waals surface area contributed by atoms with Crippen LogP contribution in [0.1, 0.15) is 21.5 Å². The van der Waals surface area contributed by atoms with Gasteiger partial charge in [0.15, 0.2) is 5.58 Å². The zero-order chi connectivity index (χ0) is 17.9. The molecular formula is C22H14ClNO2. The molecule has 0 N–H and O–H groups in total. The SMILES string of the molecule is O=C(Cl)c1ccccc1C=Cc1ccc(-c2nc3ccccc3o2)cc1. The third kappa shape index (κ3) is 3.30. The topological polar surface area (TPSA) is 43.1 Å². The Morgan fingerprint density at radius 1 is 0.885 bits per heavy atom. The summed E-state index contributed by atoms with van der Waals surface area (Å²) >= 11 is 5.62. The van der Waals surface area contributed by atoms with E-state index in [0.29, 0.717) is 11.5 Å². The summed E-state index contributed by atoms with van der Waals surface area (Å²) in [6.07, 6.45) is 3.82. The van der Waals surface area contributed by atoms with Crippen molar-refractivity contribution in [2.45, 2.75) is 0 Å². The highest BCUT2D eigenvalue weighted by Gasteiger charge is 2.07. The Hall–Kier alpha value is -3.17. The minimum Gasteiger partial charge on any atom is -0.436 e. The number of hydrogen-bond donors (Lipinski definition) is 0. The Morgan fingerprint density at radius 2 is 1.62 bits per heavy atom. The molecule has 126 valence electrons. The molecule has 0 atom stereocenters. The molecule has 4 aromatic rings. The quantitative estimate of drug-likeness (QED) is 0.329. The first-order chi connectivity index (χ1) is 12.7. The summed E-state index contributed by atoms with van der Waals surface area (Å²) in [5.41, 5.74) is 4.81. The fourth-order valence-corrected chi connectivity index (χ4v) is 2.91. The van der Waals surface area contributed by atoms with Gasteiger partial charge in [0.1, 0.15) is 5.52 Å². The van der Waals surface area contributed by atoms with E-state index in [1.165, 1.54) is 0 Å². The number of carbonyl (C=O) groups excluding carboxylic acids is 1. The lowest BCUT2D eigenvalue weighted by atomic mass is 10.1. The lowest BCUT2D eigenvalue weighted by molar-refractivity contribution is 0.108. The standard InChI is InChI=1S/C22H14ClNO2/c23-21(25)18-6-2-1-5-16(18)12-9-15-10-13-17(14-11-15)22-24-19-7-3-4-8-20(19)26-22/h1-14H. The molecule has 26 heavy (non-hydrogen) atoms. The molecule has 0 aliphatic rings. The van der Waals surface area contributed by atoms with Crippen LogP contribution in [0.4, 0.5) is 0 Å². The maximum atomic E-state index is 11.5. The Bertz CT molecular complexity index is 1080. The van der Waals surface area contributed by atoms with Gasteiger partial charge in [-0.3, -0.25) is 4.79 Å². The van der Waals surface area contributed by atoms with Crippen molar-refractivity contribution in [1.82, 2.24) is 4.98 Å². The van der Waals surface area contributed by atoms with E-state index in [0.717, 1.165) is 27.8 Å². The molecule has 0 fully saturated rings. The van der Waals surface area contributed by atoms with E-state index in [1.54, 1.807) is 12.1 Å². The van der Waals surface area contributed by atoms with Gasteiger partial charge in [0.05, 0.1) is 0 Å². The molecule has 0 aliphatic carbocycles. The first kappa shape index (κ1) is 16.3. The molecule has 1 aromatic heterocycles. The van der Waals surface area contributed by atoms with Crippen LogP contribution in [0.2, 0.25) is 0 Å². The van der Waals surface area contributed by atoms with Crippen molar-refractivity contribution in [2.75, 3.05) is 0 Å². The Balaban J connectivity index is 1.59. The van der Waals surface area contributed by atoms with Gasteiger partial charge in [0.2, 0.25) is 5.89 Å². The predicted molar refractivity (Wildman–Crippen MR) is 105 cm³/mol. The molecule has 0 saturated heterocycles. The Kier molecular flexibility index (Phi) is 4.38. The number of halogens is 1. The summed E-state index contributed by atoms with van der Waals surface area (Å²) in [4.78, 5) is 16.0. The predicted octanol–water partition coefficient (Wildman–Crippen LogP) is 6.04. The zero-order valence-electron chi connectivity index (χ0n) is 13.7. The molecule has 3 aromatic carbocycles. The zero-order valence-corrected chi connectivity index (χ0v) is 14.5. The van der Waals surface area contributed by atoms with Crippen molar-refractivity contribution in [3.63, 3.8) is 0 Å². The molecule has 3 nitrogen and oxygen atoms in total. The van der Waals surface area contributed by atoms with Crippen LogP contribution in [0.25, 0.3) is 34.7 Å². The smallest absolute Gasteiger partial charge is 0.252 e. The molecule has 0 radical (unpaired) electrons. The van der Waals surface area contributed by atoms with Crippen molar-refractivity contribution in [3.8, 4) is 11.5 Å². The summed E-state index contributed by atoms with van der Waals surface area (Å²) in [5, 5.41) is -0.462. The number of nitrogens with zero attached hydrogens (tertiary/aromatic N) is 1. The number of para-hydroxylation sites is 2. The molecule has 0 bridgehead atoms. The minimum absolute atomic E-state index is 0.462. The average molecular weight is 360 g/mol. The maximum Gasteiger partial charge on any atom is 0.252 e. The van der Waals surface area contributed by atoms with E-state index in [1.807, 2.05) is 72.8 Å². The van der Waals surface area contributed by atoms with E-state index in [-0.39, 0.29) is 0 Å². The minimum atomic E-state index is -0.462. The van der Waals surface area contributed by atoms with Crippen LogP contribution in [0, 0.1) is 0 Å². The van der Waals surface area contributed by atoms with Gasteiger partial charge >= 0.3 is 0 Å². The molecule has 4 rings (SSSR count). The number of benzene rings is 3. The highest BCUT2D eigenvalue weighted by atomic mass is 35.5. The van der Waals surface area contributed by atoms with Crippen LogP contribution < -0.4 is 0 Å². The Morgan fingerprint density at radius 3 is 2.38 bits per heavy atom. The summed E-state index contributed by atoms with van der Waals surface area (Å²) in [6, 6.07) is 22.8. The van der Waals surface area contributed by atoms with Gasteiger partial charge in [-0.25, -0.2) is 4.98 Å². The number of hydrogen-bond acceptors (Lipinski definition) is 3. The fourth-order valence-electron chi connectivity index (χ4n) is 2.74. The fraction of sp³-hybridized carbons (Fsp3) is 0. The van der Waals surface area contributed by atoms with Gasteiger partial charge in [-0.15, -0.1) is 0 Å². The number of oxazole rings is 1. The van der Waals surface area contributed by atoms with Gasteiger partial charge in [0.25, 0.3) is 5.24 Å². The summed E-state index contributed by atoms with van der Waals surface area (Å²) in [6.45, 7) is 0. The highest BCUT2D eigenvalue weighted by molar-refractivity contribution is 6.68. The number of aromatic nitrogens is 1. The van der Waals surface area contributed by atoms with Crippen LogP contribution in [-0.4, -0.2) is 10.2 Å². The first-order valence-corrected chi connectivity index (χ1v) is 8.51. The van der Waals surface area contributed by atoms with Crippen molar-refractivity contribution >= 4 is 40.1 Å². The van der Waals surface area contributed by atoms with Gasteiger partial charge in [-0.2, -0.15) is 0 Å². The van der Waals surface area contributed by atoms with Crippen LogP contribution in [0.15, 0.2) is 77.2 Å². The van der Waals surface area contributed by atoms with Crippen molar-refractivity contribution in [3.05, 3.63) is 89.5 Å². The largest absolute Gasteiger partial charge is 0.436 e. The molecule has 0 amide bonds.